The van der Waals surface area contributed by atoms with Crippen molar-refractivity contribution in [1.29, 1.82) is 0 Å². The summed E-state index contributed by atoms with van der Waals surface area (Å²) in [6.07, 6.45) is 2.69. The van der Waals surface area contributed by atoms with Crippen LogP contribution < -0.4 is 4.72 Å². The van der Waals surface area contributed by atoms with Crippen LogP contribution in [0.25, 0.3) is 0 Å². The second kappa shape index (κ2) is 6.89. The summed E-state index contributed by atoms with van der Waals surface area (Å²) in [5, 5.41) is 0. The molecular formula is C12H18ClNO4S2. The highest BCUT2D eigenvalue weighted by atomic mass is 35.7. The predicted molar refractivity (Wildman–Crippen MR) is 78.8 cm³/mol. The minimum atomic E-state index is -3.84. The summed E-state index contributed by atoms with van der Waals surface area (Å²) in [5.74, 6) is 0. The van der Waals surface area contributed by atoms with Crippen molar-refractivity contribution < 1.29 is 16.8 Å². The Morgan fingerprint density at radius 2 is 1.60 bits per heavy atom. The van der Waals surface area contributed by atoms with Gasteiger partial charge in [0.15, 0.2) is 0 Å². The quantitative estimate of drug-likeness (QED) is 0.774. The third-order valence-corrected chi connectivity index (χ3v) is 5.74. The summed E-state index contributed by atoms with van der Waals surface area (Å²) < 4.78 is 48.9. The van der Waals surface area contributed by atoms with Gasteiger partial charge in [-0.25, -0.2) is 21.6 Å². The zero-order valence-corrected chi connectivity index (χ0v) is 13.7. The molecule has 8 heteroatoms. The minimum absolute atomic E-state index is 0.0184. The second-order valence-electron chi connectivity index (χ2n) is 4.57. The van der Waals surface area contributed by atoms with Crippen molar-refractivity contribution in [2.75, 3.05) is 0 Å². The highest BCUT2D eigenvalue weighted by Gasteiger charge is 2.18. The maximum Gasteiger partial charge on any atom is 0.261 e. The Morgan fingerprint density at radius 3 is 2.05 bits per heavy atom. The van der Waals surface area contributed by atoms with Crippen molar-refractivity contribution in [3.63, 3.8) is 0 Å². The standard InChI is InChI=1S/C12H18ClNO4S2/c1-3-4-5-10(2)14-20(17,18)12-8-6-11(7-9-12)19(13,15)16/h6-10,14H,3-5H2,1-2H3. The van der Waals surface area contributed by atoms with Gasteiger partial charge in [0.1, 0.15) is 0 Å². The first-order chi connectivity index (χ1) is 9.16. The number of nitrogens with one attached hydrogen (secondary N) is 1. The molecule has 0 bridgehead atoms. The van der Waals surface area contributed by atoms with Gasteiger partial charge in [-0.2, -0.15) is 0 Å². The lowest BCUT2D eigenvalue weighted by Crippen LogP contribution is -2.32. The van der Waals surface area contributed by atoms with Crippen LogP contribution in [-0.2, 0) is 19.1 Å². The first kappa shape index (κ1) is 17.4. The van der Waals surface area contributed by atoms with Crippen LogP contribution >= 0.6 is 10.7 Å². The molecule has 0 aliphatic carbocycles. The molecule has 0 spiro atoms. The number of hydrogen-bond acceptors (Lipinski definition) is 4. The molecule has 0 radical (unpaired) electrons. The fraction of sp³-hybridized carbons (Fsp3) is 0.500. The molecule has 0 aromatic heterocycles. The van der Waals surface area contributed by atoms with E-state index >= 15 is 0 Å². The van der Waals surface area contributed by atoms with Crippen LogP contribution in [0, 0.1) is 0 Å². The SMILES string of the molecule is CCCCC(C)NS(=O)(=O)c1ccc(S(=O)(=O)Cl)cc1. The number of hydrogen-bond donors (Lipinski definition) is 1. The van der Waals surface area contributed by atoms with E-state index < -0.39 is 19.1 Å². The van der Waals surface area contributed by atoms with Crippen molar-refractivity contribution in [2.45, 2.75) is 48.9 Å². The molecule has 5 nitrogen and oxygen atoms in total. The van der Waals surface area contributed by atoms with Gasteiger partial charge in [0, 0.05) is 16.7 Å². The molecule has 114 valence electrons. The molecule has 1 aromatic rings. The molecule has 1 rings (SSSR count). The average molecular weight is 340 g/mol. The van der Waals surface area contributed by atoms with Gasteiger partial charge in [0.05, 0.1) is 9.79 Å². The van der Waals surface area contributed by atoms with E-state index in [2.05, 4.69) is 4.72 Å². The van der Waals surface area contributed by atoms with Crippen molar-refractivity contribution in [1.82, 2.24) is 4.72 Å². The minimum Gasteiger partial charge on any atom is -0.208 e. The average Bonchev–Trinajstić information content (AvgIpc) is 2.35. The number of benzene rings is 1. The van der Waals surface area contributed by atoms with E-state index in [1.54, 1.807) is 6.92 Å². The summed E-state index contributed by atoms with van der Waals surface area (Å²) in [4.78, 5) is -0.109. The topological polar surface area (TPSA) is 80.3 Å². The lowest BCUT2D eigenvalue weighted by Gasteiger charge is -2.13. The van der Waals surface area contributed by atoms with Crippen molar-refractivity contribution in [3.8, 4) is 0 Å². The first-order valence-electron chi connectivity index (χ1n) is 6.24. The molecule has 1 unspecified atom stereocenters. The van der Waals surface area contributed by atoms with Crippen molar-refractivity contribution in [2.24, 2.45) is 0 Å². The first-order valence-corrected chi connectivity index (χ1v) is 10.0. The monoisotopic (exact) mass is 339 g/mol. The normalized spacial score (nSPS) is 14.2. The van der Waals surface area contributed by atoms with Crippen LogP contribution in [0.3, 0.4) is 0 Å². The number of halogens is 1. The summed E-state index contributed by atoms with van der Waals surface area (Å²) in [7, 11) is -2.31. The van der Waals surface area contributed by atoms with E-state index in [4.69, 9.17) is 10.7 Å². The Labute approximate surface area is 124 Å². The van der Waals surface area contributed by atoms with Crippen LogP contribution in [0.2, 0.25) is 0 Å². The van der Waals surface area contributed by atoms with Gasteiger partial charge in [-0.15, -0.1) is 0 Å². The smallest absolute Gasteiger partial charge is 0.208 e. The molecule has 20 heavy (non-hydrogen) atoms. The molecular weight excluding hydrogens is 322 g/mol. The summed E-state index contributed by atoms with van der Waals surface area (Å²) in [6, 6.07) is 4.63. The molecule has 0 aliphatic rings. The Hall–Kier alpha value is -0.630. The van der Waals surface area contributed by atoms with Gasteiger partial charge in [-0.05, 0) is 37.6 Å². The summed E-state index contributed by atoms with van der Waals surface area (Å²) in [5.41, 5.74) is 0. The van der Waals surface area contributed by atoms with Gasteiger partial charge in [-0.1, -0.05) is 19.8 Å². The van der Waals surface area contributed by atoms with E-state index in [-0.39, 0.29) is 15.8 Å². The second-order valence-corrected chi connectivity index (χ2v) is 8.85. The number of sulfonamides is 1. The van der Waals surface area contributed by atoms with E-state index in [0.29, 0.717) is 0 Å². The van der Waals surface area contributed by atoms with Crippen LogP contribution in [0.1, 0.15) is 33.1 Å². The van der Waals surface area contributed by atoms with E-state index in [9.17, 15) is 16.8 Å². The molecule has 0 fully saturated rings. The summed E-state index contributed by atoms with van der Waals surface area (Å²) in [6.45, 7) is 3.83. The summed E-state index contributed by atoms with van der Waals surface area (Å²) >= 11 is 0. The lowest BCUT2D eigenvalue weighted by atomic mass is 10.2. The van der Waals surface area contributed by atoms with E-state index in [0.717, 1.165) is 19.3 Å². The van der Waals surface area contributed by atoms with E-state index in [1.165, 1.54) is 24.3 Å². The van der Waals surface area contributed by atoms with Gasteiger partial charge in [-0.3, -0.25) is 0 Å². The lowest BCUT2D eigenvalue weighted by molar-refractivity contribution is 0.534. The third-order valence-electron chi connectivity index (χ3n) is 2.76. The molecule has 0 aliphatic heterocycles. The highest BCUT2D eigenvalue weighted by Crippen LogP contribution is 2.18. The fourth-order valence-corrected chi connectivity index (χ4v) is 3.73. The van der Waals surface area contributed by atoms with Gasteiger partial charge < -0.3 is 0 Å². The van der Waals surface area contributed by atoms with Crippen LogP contribution in [0.15, 0.2) is 34.1 Å². The molecule has 0 saturated heterocycles. The van der Waals surface area contributed by atoms with Gasteiger partial charge >= 0.3 is 0 Å². The van der Waals surface area contributed by atoms with Crippen LogP contribution in [0.4, 0.5) is 0 Å². The molecule has 0 saturated carbocycles. The largest absolute Gasteiger partial charge is 0.261 e. The zero-order chi connectivity index (χ0) is 15.4. The Bertz CT molecular complexity index is 639. The van der Waals surface area contributed by atoms with Crippen LogP contribution in [-0.4, -0.2) is 22.9 Å². The Kier molecular flexibility index (Phi) is 6.00. The molecule has 1 atom stereocenters. The molecule has 0 heterocycles. The number of rotatable bonds is 7. The van der Waals surface area contributed by atoms with Gasteiger partial charge in [0.25, 0.3) is 9.05 Å². The predicted octanol–water partition coefficient (Wildman–Crippen LogP) is 2.47. The van der Waals surface area contributed by atoms with Gasteiger partial charge in [0.2, 0.25) is 10.0 Å². The van der Waals surface area contributed by atoms with Crippen LogP contribution in [0.5, 0.6) is 0 Å². The third kappa shape index (κ3) is 5.05. The fourth-order valence-electron chi connectivity index (χ4n) is 1.68. The number of unbranched alkanes of at least 4 members (excludes halogenated alkanes) is 1. The zero-order valence-electron chi connectivity index (χ0n) is 11.3. The highest BCUT2D eigenvalue weighted by molar-refractivity contribution is 8.13. The molecule has 1 aromatic carbocycles. The van der Waals surface area contributed by atoms with E-state index in [1.807, 2.05) is 6.92 Å². The maximum absolute atomic E-state index is 12.1. The Morgan fingerprint density at radius 1 is 1.10 bits per heavy atom. The molecule has 1 N–H and O–H groups in total. The maximum atomic E-state index is 12.1. The van der Waals surface area contributed by atoms with Crippen molar-refractivity contribution in [3.05, 3.63) is 24.3 Å². The molecule has 0 amide bonds. The Balaban J connectivity index is 2.88. The van der Waals surface area contributed by atoms with Crippen molar-refractivity contribution >= 4 is 29.8 Å².